The normalized spacial score (nSPS) is 11.2. The number of hydrogen-bond acceptors (Lipinski definition) is 1. The molecule has 0 saturated heterocycles. The van der Waals surface area contributed by atoms with Crippen LogP contribution >= 0.6 is 31.9 Å². The minimum absolute atomic E-state index is 1.01. The Bertz CT molecular complexity index is 758. The maximum Gasteiger partial charge on any atom is 0.140 e. The molecule has 1 aromatic carbocycles. The third kappa shape index (κ3) is 2.23. The van der Waals surface area contributed by atoms with E-state index in [-0.39, 0.29) is 0 Å². The van der Waals surface area contributed by atoms with Crippen molar-refractivity contribution >= 4 is 37.5 Å². The summed E-state index contributed by atoms with van der Waals surface area (Å²) >= 11 is 7.00. The summed E-state index contributed by atoms with van der Waals surface area (Å²) in [6.07, 6.45) is 2.06. The zero-order valence-electron chi connectivity index (χ0n) is 10.6. The van der Waals surface area contributed by atoms with Crippen LogP contribution in [0, 0.1) is 13.8 Å². The van der Waals surface area contributed by atoms with Gasteiger partial charge in [-0.05, 0) is 53.5 Å². The lowest BCUT2D eigenvalue weighted by atomic mass is 10.1. The smallest absolute Gasteiger partial charge is 0.140 e. The van der Waals surface area contributed by atoms with Crippen molar-refractivity contribution in [2.45, 2.75) is 13.8 Å². The van der Waals surface area contributed by atoms with Gasteiger partial charge in [-0.15, -0.1) is 0 Å². The Morgan fingerprint density at radius 2 is 1.68 bits per heavy atom. The molecule has 0 aliphatic rings. The maximum atomic E-state index is 4.78. The highest BCUT2D eigenvalue weighted by molar-refractivity contribution is 9.10. The molecular formula is C15H12Br2N2. The number of imidazole rings is 1. The van der Waals surface area contributed by atoms with Crippen molar-refractivity contribution < 1.29 is 0 Å². The van der Waals surface area contributed by atoms with Crippen LogP contribution < -0.4 is 0 Å². The first-order chi connectivity index (χ1) is 9.06. The summed E-state index contributed by atoms with van der Waals surface area (Å²) in [7, 11) is 0. The molecule has 3 aromatic rings. The lowest BCUT2D eigenvalue weighted by Gasteiger charge is -2.01. The van der Waals surface area contributed by atoms with E-state index in [1.165, 1.54) is 5.56 Å². The molecule has 0 radical (unpaired) electrons. The summed E-state index contributed by atoms with van der Waals surface area (Å²) in [5, 5.41) is 0. The molecule has 0 amide bonds. The van der Waals surface area contributed by atoms with Crippen LogP contribution in [-0.2, 0) is 0 Å². The quantitative estimate of drug-likeness (QED) is 0.571. The summed E-state index contributed by atoms with van der Waals surface area (Å²) in [4.78, 5) is 4.78. The van der Waals surface area contributed by atoms with Gasteiger partial charge in [-0.2, -0.15) is 0 Å². The van der Waals surface area contributed by atoms with E-state index in [2.05, 4.69) is 74.5 Å². The highest BCUT2D eigenvalue weighted by Gasteiger charge is 2.12. The predicted octanol–water partition coefficient (Wildman–Crippen LogP) is 5.14. The number of aryl methyl sites for hydroxylation is 2. The fourth-order valence-electron chi connectivity index (χ4n) is 2.26. The third-order valence-corrected chi connectivity index (χ3v) is 4.19. The SMILES string of the molecule is Cc1cc(Br)cn2c(C)c(-c3ccc(Br)cc3)nc12. The molecule has 2 heterocycles. The Morgan fingerprint density at radius 3 is 2.37 bits per heavy atom. The Kier molecular flexibility index (Phi) is 3.23. The summed E-state index contributed by atoms with van der Waals surface area (Å²) < 4.78 is 4.29. The Morgan fingerprint density at radius 1 is 1.00 bits per heavy atom. The topological polar surface area (TPSA) is 17.3 Å². The Labute approximate surface area is 128 Å². The van der Waals surface area contributed by atoms with Gasteiger partial charge in [0, 0.05) is 26.4 Å². The van der Waals surface area contributed by atoms with Gasteiger partial charge in [0.15, 0.2) is 0 Å². The van der Waals surface area contributed by atoms with E-state index in [1.807, 2.05) is 12.1 Å². The molecule has 0 N–H and O–H groups in total. The molecule has 0 atom stereocenters. The Hall–Kier alpha value is -1.13. The van der Waals surface area contributed by atoms with Crippen molar-refractivity contribution in [2.24, 2.45) is 0 Å². The molecule has 0 bridgehead atoms. The van der Waals surface area contributed by atoms with Crippen molar-refractivity contribution in [3.63, 3.8) is 0 Å². The van der Waals surface area contributed by atoms with Gasteiger partial charge in [-0.3, -0.25) is 0 Å². The molecule has 0 fully saturated rings. The first-order valence-corrected chi connectivity index (χ1v) is 7.55. The Balaban J connectivity index is 2.28. The second-order valence-electron chi connectivity index (χ2n) is 4.59. The molecule has 19 heavy (non-hydrogen) atoms. The van der Waals surface area contributed by atoms with Gasteiger partial charge >= 0.3 is 0 Å². The van der Waals surface area contributed by atoms with Gasteiger partial charge in [0.25, 0.3) is 0 Å². The average Bonchev–Trinajstić information content (AvgIpc) is 2.69. The van der Waals surface area contributed by atoms with Crippen molar-refractivity contribution in [3.8, 4) is 11.3 Å². The summed E-state index contributed by atoms with van der Waals surface area (Å²) in [6, 6.07) is 10.3. The monoisotopic (exact) mass is 378 g/mol. The first kappa shape index (κ1) is 12.9. The number of hydrogen-bond donors (Lipinski definition) is 0. The lowest BCUT2D eigenvalue weighted by molar-refractivity contribution is 1.09. The largest absolute Gasteiger partial charge is 0.302 e. The molecule has 0 unspecified atom stereocenters. The zero-order valence-corrected chi connectivity index (χ0v) is 13.8. The number of aromatic nitrogens is 2. The van der Waals surface area contributed by atoms with Crippen LogP contribution in [-0.4, -0.2) is 9.38 Å². The minimum Gasteiger partial charge on any atom is -0.302 e. The number of pyridine rings is 1. The number of rotatable bonds is 1. The van der Waals surface area contributed by atoms with Gasteiger partial charge in [-0.1, -0.05) is 28.1 Å². The van der Waals surface area contributed by atoms with E-state index in [0.29, 0.717) is 0 Å². The maximum absolute atomic E-state index is 4.78. The van der Waals surface area contributed by atoms with Crippen LogP contribution in [0.5, 0.6) is 0 Å². The van der Waals surface area contributed by atoms with Crippen molar-refractivity contribution in [1.29, 1.82) is 0 Å². The van der Waals surface area contributed by atoms with Gasteiger partial charge in [0.05, 0.1) is 5.69 Å². The predicted molar refractivity (Wildman–Crippen MR) is 85.5 cm³/mol. The van der Waals surface area contributed by atoms with Crippen molar-refractivity contribution in [3.05, 3.63) is 56.7 Å². The lowest BCUT2D eigenvalue weighted by Crippen LogP contribution is -1.90. The number of halogens is 2. The van der Waals surface area contributed by atoms with E-state index >= 15 is 0 Å². The molecule has 0 aliphatic carbocycles. The molecule has 0 aliphatic heterocycles. The van der Waals surface area contributed by atoms with Crippen LogP contribution in [0.15, 0.2) is 45.5 Å². The van der Waals surface area contributed by atoms with Crippen LogP contribution in [0.25, 0.3) is 16.9 Å². The standard InChI is InChI=1S/C15H12Br2N2/c1-9-7-13(17)8-19-10(2)14(18-15(9)19)11-3-5-12(16)6-4-11/h3-8H,1-2H3. The van der Waals surface area contributed by atoms with Crippen LogP contribution in [0.1, 0.15) is 11.3 Å². The molecule has 0 spiro atoms. The average molecular weight is 380 g/mol. The van der Waals surface area contributed by atoms with Crippen LogP contribution in [0.4, 0.5) is 0 Å². The van der Waals surface area contributed by atoms with E-state index in [1.54, 1.807) is 0 Å². The van der Waals surface area contributed by atoms with Crippen LogP contribution in [0.3, 0.4) is 0 Å². The highest BCUT2D eigenvalue weighted by atomic mass is 79.9. The van der Waals surface area contributed by atoms with Gasteiger partial charge in [-0.25, -0.2) is 4.98 Å². The van der Waals surface area contributed by atoms with Crippen molar-refractivity contribution in [2.75, 3.05) is 0 Å². The van der Waals surface area contributed by atoms with Crippen molar-refractivity contribution in [1.82, 2.24) is 9.38 Å². The second-order valence-corrected chi connectivity index (χ2v) is 6.42. The fourth-order valence-corrected chi connectivity index (χ4v) is 3.08. The van der Waals surface area contributed by atoms with Crippen LogP contribution in [0.2, 0.25) is 0 Å². The summed E-state index contributed by atoms with van der Waals surface area (Å²) in [5.74, 6) is 0. The molecule has 2 aromatic heterocycles. The first-order valence-electron chi connectivity index (χ1n) is 5.97. The molecule has 0 saturated carbocycles. The third-order valence-electron chi connectivity index (χ3n) is 3.23. The van der Waals surface area contributed by atoms with Gasteiger partial charge in [0.2, 0.25) is 0 Å². The van der Waals surface area contributed by atoms with Gasteiger partial charge < -0.3 is 4.40 Å². The molecule has 4 heteroatoms. The van der Waals surface area contributed by atoms with E-state index in [9.17, 15) is 0 Å². The molecular weight excluding hydrogens is 368 g/mol. The molecule has 96 valence electrons. The highest BCUT2D eigenvalue weighted by Crippen LogP contribution is 2.27. The zero-order chi connectivity index (χ0) is 13.6. The number of fused-ring (bicyclic) bond motifs is 1. The molecule has 3 rings (SSSR count). The number of benzene rings is 1. The summed E-state index contributed by atoms with van der Waals surface area (Å²) in [5.41, 5.74) is 5.51. The fraction of sp³-hybridized carbons (Fsp3) is 0.133. The summed E-state index contributed by atoms with van der Waals surface area (Å²) in [6.45, 7) is 4.18. The molecule has 2 nitrogen and oxygen atoms in total. The second kappa shape index (κ2) is 4.76. The minimum atomic E-state index is 1.01. The van der Waals surface area contributed by atoms with E-state index in [4.69, 9.17) is 4.98 Å². The van der Waals surface area contributed by atoms with E-state index in [0.717, 1.165) is 31.5 Å². The van der Waals surface area contributed by atoms with E-state index < -0.39 is 0 Å². The van der Waals surface area contributed by atoms with Gasteiger partial charge in [0.1, 0.15) is 5.65 Å². The number of nitrogens with zero attached hydrogens (tertiary/aromatic N) is 2.